The molecule has 1 heterocycles. The van der Waals surface area contributed by atoms with Gasteiger partial charge >= 0.3 is 0 Å². The van der Waals surface area contributed by atoms with E-state index in [0.29, 0.717) is 23.8 Å². The summed E-state index contributed by atoms with van der Waals surface area (Å²) in [7, 11) is 0. The van der Waals surface area contributed by atoms with Gasteiger partial charge in [0.2, 0.25) is 0 Å². The smallest absolute Gasteiger partial charge is 0.0946 e. The zero-order chi connectivity index (χ0) is 13.2. The second-order valence-corrected chi connectivity index (χ2v) is 6.75. The maximum absolute atomic E-state index is 10.5. The van der Waals surface area contributed by atoms with Crippen LogP contribution in [0.1, 0.15) is 46.5 Å². The van der Waals surface area contributed by atoms with Crippen LogP contribution in [-0.2, 0) is 6.54 Å². The molecular formula is C15H26N2O. The molecule has 1 aromatic heterocycles. The molecule has 0 radical (unpaired) electrons. The molecule has 1 N–H and O–H groups in total. The maximum atomic E-state index is 10.5. The Morgan fingerprint density at radius 2 is 2.06 bits per heavy atom. The lowest BCUT2D eigenvalue weighted by molar-refractivity contribution is -0.00524. The molecule has 3 heteroatoms. The van der Waals surface area contributed by atoms with Crippen molar-refractivity contribution in [1.29, 1.82) is 0 Å². The molecule has 3 nitrogen and oxygen atoms in total. The Morgan fingerprint density at radius 3 is 2.67 bits per heavy atom. The number of aromatic nitrogens is 2. The number of nitrogens with zero attached hydrogens (tertiary/aromatic N) is 2. The van der Waals surface area contributed by atoms with Gasteiger partial charge in [-0.3, -0.25) is 0 Å². The molecule has 1 fully saturated rings. The molecule has 3 atom stereocenters. The largest absolute Gasteiger partial charge is 0.391 e. The van der Waals surface area contributed by atoms with Gasteiger partial charge in [0.15, 0.2) is 0 Å². The minimum Gasteiger partial charge on any atom is -0.391 e. The molecular weight excluding hydrogens is 224 g/mol. The van der Waals surface area contributed by atoms with Crippen LogP contribution in [0.15, 0.2) is 18.7 Å². The average molecular weight is 250 g/mol. The first-order valence-electron chi connectivity index (χ1n) is 7.12. The van der Waals surface area contributed by atoms with Gasteiger partial charge in [0.05, 0.1) is 12.4 Å². The van der Waals surface area contributed by atoms with E-state index in [1.54, 1.807) is 12.5 Å². The van der Waals surface area contributed by atoms with E-state index in [1.165, 1.54) is 19.3 Å². The highest BCUT2D eigenvalue weighted by atomic mass is 16.3. The van der Waals surface area contributed by atoms with Gasteiger partial charge in [0.1, 0.15) is 0 Å². The number of rotatable bonds is 3. The predicted octanol–water partition coefficient (Wildman–Crippen LogP) is 3.10. The van der Waals surface area contributed by atoms with E-state index in [-0.39, 0.29) is 6.10 Å². The minimum absolute atomic E-state index is 0.247. The summed E-state index contributed by atoms with van der Waals surface area (Å²) in [5.41, 5.74) is 0.293. The van der Waals surface area contributed by atoms with Crippen LogP contribution < -0.4 is 0 Å². The van der Waals surface area contributed by atoms with Crippen LogP contribution in [0.25, 0.3) is 0 Å². The summed E-state index contributed by atoms with van der Waals surface area (Å²) >= 11 is 0. The van der Waals surface area contributed by atoms with Crippen LogP contribution >= 0.6 is 0 Å². The van der Waals surface area contributed by atoms with Gasteiger partial charge in [-0.25, -0.2) is 4.98 Å². The van der Waals surface area contributed by atoms with E-state index in [4.69, 9.17) is 0 Å². The summed E-state index contributed by atoms with van der Waals surface area (Å²) in [6, 6.07) is 0. The van der Waals surface area contributed by atoms with Gasteiger partial charge in [-0.05, 0) is 30.1 Å². The first-order valence-corrected chi connectivity index (χ1v) is 7.12. The second kappa shape index (κ2) is 5.43. The van der Waals surface area contributed by atoms with Crippen molar-refractivity contribution in [1.82, 2.24) is 9.55 Å². The van der Waals surface area contributed by atoms with Crippen LogP contribution in [0.5, 0.6) is 0 Å². The number of aliphatic hydroxyl groups is 1. The molecule has 18 heavy (non-hydrogen) atoms. The summed E-state index contributed by atoms with van der Waals surface area (Å²) in [4.78, 5) is 4.04. The quantitative estimate of drug-likeness (QED) is 0.895. The third-order valence-electron chi connectivity index (χ3n) is 4.38. The van der Waals surface area contributed by atoms with E-state index < -0.39 is 0 Å². The van der Waals surface area contributed by atoms with Crippen molar-refractivity contribution >= 4 is 0 Å². The van der Waals surface area contributed by atoms with Gasteiger partial charge in [0.25, 0.3) is 0 Å². The monoisotopic (exact) mass is 250 g/mol. The highest BCUT2D eigenvalue weighted by Crippen LogP contribution is 2.43. The Balaban J connectivity index is 2.04. The van der Waals surface area contributed by atoms with E-state index in [0.717, 1.165) is 6.42 Å². The van der Waals surface area contributed by atoms with E-state index in [9.17, 15) is 5.11 Å². The lowest BCUT2D eigenvalue weighted by Crippen LogP contribution is -2.39. The Labute approximate surface area is 110 Å². The van der Waals surface area contributed by atoms with Crippen LogP contribution in [0.2, 0.25) is 0 Å². The normalized spacial score (nSPS) is 27.1. The van der Waals surface area contributed by atoms with Crippen molar-refractivity contribution in [2.75, 3.05) is 0 Å². The first-order chi connectivity index (χ1) is 8.48. The van der Waals surface area contributed by atoms with Gasteiger partial charge in [-0.2, -0.15) is 0 Å². The highest BCUT2D eigenvalue weighted by Gasteiger charge is 2.37. The van der Waals surface area contributed by atoms with Crippen molar-refractivity contribution in [2.45, 2.75) is 59.1 Å². The third kappa shape index (κ3) is 3.14. The summed E-state index contributed by atoms with van der Waals surface area (Å²) in [6.07, 6.45) is 10.2. The highest BCUT2D eigenvalue weighted by molar-refractivity contribution is 4.88. The summed E-state index contributed by atoms with van der Waals surface area (Å²) in [6.45, 7) is 7.59. The van der Waals surface area contributed by atoms with Gasteiger partial charge in [-0.15, -0.1) is 0 Å². The van der Waals surface area contributed by atoms with Crippen molar-refractivity contribution < 1.29 is 5.11 Å². The third-order valence-corrected chi connectivity index (χ3v) is 4.38. The maximum Gasteiger partial charge on any atom is 0.0946 e. The van der Waals surface area contributed by atoms with Crippen LogP contribution in [0.4, 0.5) is 0 Å². The molecule has 1 aromatic rings. The molecule has 0 saturated heterocycles. The topological polar surface area (TPSA) is 38.0 Å². The minimum atomic E-state index is -0.247. The average Bonchev–Trinajstić information content (AvgIpc) is 2.80. The van der Waals surface area contributed by atoms with Crippen molar-refractivity contribution in [3.8, 4) is 0 Å². The fourth-order valence-corrected chi connectivity index (χ4v) is 3.44. The first kappa shape index (κ1) is 13.6. The van der Waals surface area contributed by atoms with Crippen molar-refractivity contribution in [3.05, 3.63) is 18.7 Å². The van der Waals surface area contributed by atoms with Gasteiger partial charge < -0.3 is 9.67 Å². The summed E-state index contributed by atoms with van der Waals surface area (Å²) in [5.74, 6) is 1.06. The fraction of sp³-hybridized carbons (Fsp3) is 0.800. The van der Waals surface area contributed by atoms with Crippen molar-refractivity contribution in [2.24, 2.45) is 17.3 Å². The Hall–Kier alpha value is -0.830. The Bertz CT molecular complexity index is 353. The number of aliphatic hydroxyl groups excluding tert-OH is 1. The van der Waals surface area contributed by atoms with Gasteiger partial charge in [-0.1, -0.05) is 33.6 Å². The molecule has 1 unspecified atom stereocenters. The SMILES string of the molecule is CC(C)(C)[C@H]1CCCC[C@H]1C(O)Cn1ccnc1. The van der Waals surface area contributed by atoms with Crippen LogP contribution in [0.3, 0.4) is 0 Å². The molecule has 0 bridgehead atoms. The predicted molar refractivity (Wildman–Crippen MR) is 73.1 cm³/mol. The number of imidazole rings is 1. The van der Waals surface area contributed by atoms with Crippen LogP contribution in [-0.4, -0.2) is 20.8 Å². The Morgan fingerprint density at radius 1 is 1.33 bits per heavy atom. The lowest BCUT2D eigenvalue weighted by Gasteiger charge is -2.42. The van der Waals surface area contributed by atoms with Crippen molar-refractivity contribution in [3.63, 3.8) is 0 Å². The zero-order valence-corrected chi connectivity index (χ0v) is 11.8. The molecule has 0 aliphatic heterocycles. The van der Waals surface area contributed by atoms with E-state index >= 15 is 0 Å². The molecule has 0 amide bonds. The molecule has 1 aliphatic carbocycles. The molecule has 1 saturated carbocycles. The zero-order valence-electron chi connectivity index (χ0n) is 11.8. The fourth-order valence-electron chi connectivity index (χ4n) is 3.44. The molecule has 2 rings (SSSR count). The van der Waals surface area contributed by atoms with Gasteiger partial charge in [0, 0.05) is 18.9 Å². The standard InChI is InChI=1S/C15H26N2O/c1-15(2,3)13-7-5-4-6-12(13)14(18)10-17-9-8-16-11-17/h8-9,11-14,18H,4-7,10H2,1-3H3/t12-,13+,14?/m1/s1. The number of hydrogen-bond donors (Lipinski definition) is 1. The molecule has 1 aliphatic rings. The summed E-state index contributed by atoms with van der Waals surface area (Å²) in [5, 5.41) is 10.5. The molecule has 102 valence electrons. The second-order valence-electron chi connectivity index (χ2n) is 6.75. The van der Waals surface area contributed by atoms with E-state index in [2.05, 4.69) is 25.8 Å². The Kier molecular flexibility index (Phi) is 4.10. The molecule has 0 spiro atoms. The summed E-state index contributed by atoms with van der Waals surface area (Å²) < 4.78 is 1.99. The number of hydrogen-bond acceptors (Lipinski definition) is 2. The molecule has 0 aromatic carbocycles. The lowest BCUT2D eigenvalue weighted by atomic mass is 9.65. The van der Waals surface area contributed by atoms with E-state index in [1.807, 2.05) is 10.8 Å². The van der Waals surface area contributed by atoms with Crippen LogP contribution in [0, 0.1) is 17.3 Å².